The Morgan fingerprint density at radius 1 is 1.07 bits per heavy atom. The predicted octanol–water partition coefficient (Wildman–Crippen LogP) is 5.01. The molecule has 0 aliphatic heterocycles. The van der Waals surface area contributed by atoms with Crippen molar-refractivity contribution in [1.29, 1.82) is 0 Å². The molecule has 0 radical (unpaired) electrons. The summed E-state index contributed by atoms with van der Waals surface area (Å²) in [6.07, 6.45) is 1.11. The molecule has 0 saturated heterocycles. The third-order valence-electron chi connectivity index (χ3n) is 4.15. The van der Waals surface area contributed by atoms with Crippen molar-refractivity contribution < 1.29 is 14.3 Å². The molecule has 2 rings (SSSR count). The van der Waals surface area contributed by atoms with E-state index in [1.54, 1.807) is 55.5 Å². The first-order valence-electron chi connectivity index (χ1n) is 9.57. The Hall–Kier alpha value is -2.53. The van der Waals surface area contributed by atoms with E-state index in [2.05, 4.69) is 19.2 Å². The predicted molar refractivity (Wildman–Crippen MR) is 113 cm³/mol. The average Bonchev–Trinajstić information content (AvgIpc) is 2.69. The van der Waals surface area contributed by atoms with E-state index in [1.807, 2.05) is 4.90 Å². The van der Waals surface area contributed by atoms with Crippen molar-refractivity contribution in [2.75, 3.05) is 18.4 Å². The SMILES string of the molecule is CCCN(CCC)C(=O)c1cccc(NC(=O)C(C)Oc2ccc(Cl)cc2)c1. The minimum Gasteiger partial charge on any atom is -0.481 e. The number of nitrogens with one attached hydrogen (secondary N) is 1. The van der Waals surface area contributed by atoms with Crippen molar-refractivity contribution in [3.8, 4) is 5.75 Å². The van der Waals surface area contributed by atoms with Gasteiger partial charge in [0.25, 0.3) is 11.8 Å². The molecule has 2 aromatic carbocycles. The summed E-state index contributed by atoms with van der Waals surface area (Å²) >= 11 is 5.85. The third kappa shape index (κ3) is 6.27. The molecule has 0 fully saturated rings. The van der Waals surface area contributed by atoms with Crippen LogP contribution in [0.15, 0.2) is 48.5 Å². The lowest BCUT2D eigenvalue weighted by Gasteiger charge is -2.22. The van der Waals surface area contributed by atoms with Gasteiger partial charge < -0.3 is 15.0 Å². The van der Waals surface area contributed by atoms with Crippen LogP contribution >= 0.6 is 11.6 Å². The van der Waals surface area contributed by atoms with E-state index in [0.717, 1.165) is 25.9 Å². The highest BCUT2D eigenvalue weighted by atomic mass is 35.5. The minimum atomic E-state index is -0.697. The standard InChI is InChI=1S/C22H27ClN2O3/c1-4-13-25(14-5-2)22(27)17-7-6-8-19(15-17)24-21(26)16(3)28-20-11-9-18(23)10-12-20/h6-12,15-16H,4-5,13-14H2,1-3H3,(H,24,26). The second-order valence-electron chi connectivity index (χ2n) is 6.58. The number of halogens is 1. The molecular formula is C22H27ClN2O3. The molecule has 0 aliphatic carbocycles. The normalized spacial score (nSPS) is 11.6. The summed E-state index contributed by atoms with van der Waals surface area (Å²) < 4.78 is 5.64. The van der Waals surface area contributed by atoms with E-state index >= 15 is 0 Å². The largest absolute Gasteiger partial charge is 0.481 e. The van der Waals surface area contributed by atoms with Crippen LogP contribution in [0.5, 0.6) is 5.75 Å². The lowest BCUT2D eigenvalue weighted by molar-refractivity contribution is -0.122. The van der Waals surface area contributed by atoms with E-state index < -0.39 is 6.10 Å². The Kier molecular flexibility index (Phi) is 8.33. The lowest BCUT2D eigenvalue weighted by atomic mass is 10.1. The number of carbonyl (C=O) groups is 2. The Balaban J connectivity index is 2.03. The number of ether oxygens (including phenoxy) is 1. The molecule has 5 nitrogen and oxygen atoms in total. The number of anilines is 1. The number of nitrogens with zero attached hydrogens (tertiary/aromatic N) is 1. The van der Waals surface area contributed by atoms with Crippen LogP contribution in [0.2, 0.25) is 5.02 Å². The molecule has 150 valence electrons. The molecule has 0 aromatic heterocycles. The molecule has 1 unspecified atom stereocenters. The zero-order chi connectivity index (χ0) is 20.5. The second-order valence-corrected chi connectivity index (χ2v) is 7.01. The van der Waals surface area contributed by atoms with Crippen LogP contribution < -0.4 is 10.1 Å². The summed E-state index contributed by atoms with van der Waals surface area (Å²) in [6, 6.07) is 13.8. The molecule has 1 N–H and O–H groups in total. The minimum absolute atomic E-state index is 0.0229. The number of carbonyl (C=O) groups excluding carboxylic acids is 2. The molecule has 1 atom stereocenters. The summed E-state index contributed by atoms with van der Waals surface area (Å²) in [5.74, 6) is 0.245. The topological polar surface area (TPSA) is 58.6 Å². The number of hydrogen-bond acceptors (Lipinski definition) is 3. The van der Waals surface area contributed by atoms with Crippen LogP contribution in [0.3, 0.4) is 0 Å². The Labute approximate surface area is 171 Å². The molecule has 2 amide bonds. The van der Waals surface area contributed by atoms with Gasteiger partial charge in [-0.3, -0.25) is 9.59 Å². The fourth-order valence-electron chi connectivity index (χ4n) is 2.78. The van der Waals surface area contributed by atoms with Crippen LogP contribution in [0, 0.1) is 0 Å². The number of benzene rings is 2. The number of amides is 2. The molecule has 28 heavy (non-hydrogen) atoms. The van der Waals surface area contributed by atoms with E-state index in [9.17, 15) is 9.59 Å². The molecule has 0 heterocycles. The van der Waals surface area contributed by atoms with Crippen molar-refractivity contribution in [2.45, 2.75) is 39.7 Å². The van der Waals surface area contributed by atoms with Gasteiger partial charge in [-0.1, -0.05) is 31.5 Å². The van der Waals surface area contributed by atoms with Crippen molar-refractivity contribution >= 4 is 29.1 Å². The Bertz CT molecular complexity index is 787. The Morgan fingerprint density at radius 3 is 2.32 bits per heavy atom. The average molecular weight is 403 g/mol. The molecule has 0 saturated carbocycles. The Morgan fingerprint density at radius 2 is 1.71 bits per heavy atom. The van der Waals surface area contributed by atoms with Gasteiger partial charge in [0.2, 0.25) is 0 Å². The lowest BCUT2D eigenvalue weighted by Crippen LogP contribution is -2.33. The monoisotopic (exact) mass is 402 g/mol. The van der Waals surface area contributed by atoms with E-state index in [1.165, 1.54) is 0 Å². The van der Waals surface area contributed by atoms with Crippen LogP contribution in [0.25, 0.3) is 0 Å². The van der Waals surface area contributed by atoms with Crippen molar-refractivity contribution in [3.05, 3.63) is 59.1 Å². The van der Waals surface area contributed by atoms with Crippen LogP contribution in [0.1, 0.15) is 44.0 Å². The maximum Gasteiger partial charge on any atom is 0.265 e. The molecule has 2 aromatic rings. The molecule has 0 aliphatic rings. The van der Waals surface area contributed by atoms with Gasteiger partial charge in [-0.2, -0.15) is 0 Å². The van der Waals surface area contributed by atoms with Gasteiger partial charge in [-0.05, 0) is 62.2 Å². The van der Waals surface area contributed by atoms with Gasteiger partial charge in [0.05, 0.1) is 0 Å². The van der Waals surface area contributed by atoms with Crippen molar-refractivity contribution in [1.82, 2.24) is 4.90 Å². The smallest absolute Gasteiger partial charge is 0.265 e. The van der Waals surface area contributed by atoms with E-state index in [-0.39, 0.29) is 11.8 Å². The maximum absolute atomic E-state index is 12.7. The van der Waals surface area contributed by atoms with Crippen LogP contribution in [-0.2, 0) is 4.79 Å². The van der Waals surface area contributed by atoms with E-state index in [0.29, 0.717) is 22.0 Å². The number of rotatable bonds is 9. The van der Waals surface area contributed by atoms with Crippen molar-refractivity contribution in [2.24, 2.45) is 0 Å². The highest BCUT2D eigenvalue weighted by molar-refractivity contribution is 6.30. The van der Waals surface area contributed by atoms with Crippen LogP contribution in [-0.4, -0.2) is 35.9 Å². The molecule has 0 spiro atoms. The molecule has 6 heteroatoms. The number of hydrogen-bond donors (Lipinski definition) is 1. The zero-order valence-electron chi connectivity index (χ0n) is 16.6. The summed E-state index contributed by atoms with van der Waals surface area (Å²) in [5.41, 5.74) is 1.13. The fraction of sp³-hybridized carbons (Fsp3) is 0.364. The van der Waals surface area contributed by atoms with Gasteiger partial charge in [-0.25, -0.2) is 0 Å². The third-order valence-corrected chi connectivity index (χ3v) is 4.40. The van der Waals surface area contributed by atoms with Gasteiger partial charge in [0.15, 0.2) is 6.10 Å². The summed E-state index contributed by atoms with van der Waals surface area (Å²) in [4.78, 5) is 27.0. The van der Waals surface area contributed by atoms with Gasteiger partial charge in [0.1, 0.15) is 5.75 Å². The second kappa shape index (κ2) is 10.7. The summed E-state index contributed by atoms with van der Waals surface area (Å²) in [5, 5.41) is 3.41. The van der Waals surface area contributed by atoms with Crippen molar-refractivity contribution in [3.63, 3.8) is 0 Å². The van der Waals surface area contributed by atoms with Gasteiger partial charge in [0, 0.05) is 29.4 Å². The molecule has 0 bridgehead atoms. The summed E-state index contributed by atoms with van der Waals surface area (Å²) in [6.45, 7) is 7.21. The first-order chi connectivity index (χ1) is 13.4. The zero-order valence-corrected chi connectivity index (χ0v) is 17.3. The maximum atomic E-state index is 12.7. The van der Waals surface area contributed by atoms with E-state index in [4.69, 9.17) is 16.3 Å². The van der Waals surface area contributed by atoms with Gasteiger partial charge >= 0.3 is 0 Å². The quantitative estimate of drug-likeness (QED) is 0.641. The highest BCUT2D eigenvalue weighted by Crippen LogP contribution is 2.18. The first-order valence-corrected chi connectivity index (χ1v) is 9.94. The fourth-order valence-corrected chi connectivity index (χ4v) is 2.91. The first kappa shape index (κ1) is 21.8. The van der Waals surface area contributed by atoms with Crippen LogP contribution in [0.4, 0.5) is 5.69 Å². The summed E-state index contributed by atoms with van der Waals surface area (Å²) in [7, 11) is 0. The molecular weight excluding hydrogens is 376 g/mol. The van der Waals surface area contributed by atoms with Gasteiger partial charge in [-0.15, -0.1) is 0 Å². The highest BCUT2D eigenvalue weighted by Gasteiger charge is 2.17.